The van der Waals surface area contributed by atoms with Gasteiger partial charge in [-0.15, -0.1) is 0 Å². The Kier molecular flexibility index (Phi) is 10.3. The predicted molar refractivity (Wildman–Crippen MR) is 91.8 cm³/mol. The molecule has 0 bridgehead atoms. The lowest BCUT2D eigenvalue weighted by molar-refractivity contribution is -0.100. The Balaban J connectivity index is 2.32. The predicted octanol–water partition coefficient (Wildman–Crippen LogP) is 5.24. The quantitative estimate of drug-likeness (QED) is 0.388. The molecule has 0 N–H and O–H groups in total. The minimum absolute atomic E-state index is 0.271. The van der Waals surface area contributed by atoms with Crippen molar-refractivity contribution in [3.05, 3.63) is 28.8 Å². The van der Waals surface area contributed by atoms with Crippen LogP contribution in [0.2, 0.25) is 5.02 Å². The van der Waals surface area contributed by atoms with Crippen molar-refractivity contribution in [1.82, 2.24) is 0 Å². The van der Waals surface area contributed by atoms with Crippen molar-refractivity contribution in [2.45, 2.75) is 58.2 Å². The van der Waals surface area contributed by atoms with Gasteiger partial charge in [0.1, 0.15) is 5.75 Å². The minimum atomic E-state index is -0.271. The molecule has 4 heteroatoms. The van der Waals surface area contributed by atoms with Crippen molar-refractivity contribution in [2.24, 2.45) is 0 Å². The van der Waals surface area contributed by atoms with Gasteiger partial charge in [-0.3, -0.25) is 0 Å². The summed E-state index contributed by atoms with van der Waals surface area (Å²) in [6, 6.07) is 5.81. The summed E-state index contributed by atoms with van der Waals surface area (Å²) in [6.07, 6.45) is 7.93. The summed E-state index contributed by atoms with van der Waals surface area (Å²) in [6.45, 7) is 2.98. The van der Waals surface area contributed by atoms with Gasteiger partial charge in [0.2, 0.25) is 0 Å². The number of hydrogen-bond acceptors (Lipinski definition) is 3. The molecule has 22 heavy (non-hydrogen) atoms. The van der Waals surface area contributed by atoms with Gasteiger partial charge < -0.3 is 14.2 Å². The van der Waals surface area contributed by atoms with Gasteiger partial charge >= 0.3 is 0 Å². The van der Waals surface area contributed by atoms with E-state index in [-0.39, 0.29) is 6.29 Å². The maximum absolute atomic E-state index is 6.29. The van der Waals surface area contributed by atoms with E-state index in [9.17, 15) is 0 Å². The van der Waals surface area contributed by atoms with E-state index in [1.807, 2.05) is 18.2 Å². The molecule has 1 rings (SSSR count). The summed E-state index contributed by atoms with van der Waals surface area (Å²) in [5.41, 5.74) is 1.00. The van der Waals surface area contributed by atoms with Gasteiger partial charge in [-0.1, -0.05) is 56.7 Å². The average molecular weight is 329 g/mol. The summed E-state index contributed by atoms with van der Waals surface area (Å²) in [4.78, 5) is 0. The molecule has 0 atom stereocenters. The van der Waals surface area contributed by atoms with Crippen LogP contribution < -0.4 is 4.74 Å². The summed E-state index contributed by atoms with van der Waals surface area (Å²) in [5.74, 6) is 0.827. The zero-order valence-electron chi connectivity index (χ0n) is 14.1. The lowest BCUT2D eigenvalue weighted by Crippen LogP contribution is -2.16. The zero-order valence-corrected chi connectivity index (χ0v) is 14.8. The molecule has 0 amide bonds. The summed E-state index contributed by atoms with van der Waals surface area (Å²) < 4.78 is 16.2. The maximum atomic E-state index is 6.29. The van der Waals surface area contributed by atoms with Crippen LogP contribution in [0.3, 0.4) is 0 Å². The lowest BCUT2D eigenvalue weighted by Gasteiger charge is -2.15. The number of unbranched alkanes of at least 4 members (excludes halogenated alkanes) is 5. The normalized spacial score (nSPS) is 11.1. The van der Waals surface area contributed by atoms with Crippen LogP contribution in [0.1, 0.15) is 51.0 Å². The molecule has 3 nitrogen and oxygen atoms in total. The highest BCUT2D eigenvalue weighted by atomic mass is 35.5. The Labute approximate surface area is 139 Å². The molecule has 0 aliphatic carbocycles. The van der Waals surface area contributed by atoms with Gasteiger partial charge in [-0.2, -0.15) is 0 Å². The summed E-state index contributed by atoms with van der Waals surface area (Å²) in [7, 11) is 3.25. The molecular formula is C18H29ClO3. The lowest BCUT2D eigenvalue weighted by atomic mass is 10.1. The van der Waals surface area contributed by atoms with Crippen molar-refractivity contribution < 1.29 is 14.2 Å². The molecule has 0 heterocycles. The number of benzene rings is 1. The molecule has 0 spiro atoms. The molecule has 0 aromatic heterocycles. The number of ether oxygens (including phenoxy) is 3. The van der Waals surface area contributed by atoms with Crippen LogP contribution in [-0.4, -0.2) is 27.1 Å². The van der Waals surface area contributed by atoms with E-state index in [0.29, 0.717) is 11.4 Å². The number of methoxy groups -OCH3 is 2. The number of rotatable bonds is 12. The Morgan fingerprint density at radius 2 is 1.68 bits per heavy atom. The Morgan fingerprint density at radius 3 is 2.32 bits per heavy atom. The van der Waals surface area contributed by atoms with Gasteiger partial charge in [0.15, 0.2) is 6.29 Å². The first kappa shape index (κ1) is 19.3. The van der Waals surface area contributed by atoms with Gasteiger partial charge in [-0.25, -0.2) is 0 Å². The molecule has 0 aliphatic heterocycles. The molecule has 0 unspecified atom stereocenters. The minimum Gasteiger partial charge on any atom is -0.494 e. The third-order valence-electron chi connectivity index (χ3n) is 3.70. The second kappa shape index (κ2) is 11.8. The van der Waals surface area contributed by atoms with Crippen molar-refractivity contribution in [3.63, 3.8) is 0 Å². The third kappa shape index (κ3) is 7.48. The average Bonchev–Trinajstić information content (AvgIpc) is 2.53. The molecule has 1 aromatic carbocycles. The van der Waals surface area contributed by atoms with Crippen LogP contribution in [0, 0.1) is 0 Å². The van der Waals surface area contributed by atoms with Crippen molar-refractivity contribution in [2.75, 3.05) is 20.8 Å². The first-order chi connectivity index (χ1) is 10.7. The molecule has 0 saturated carbocycles. The highest BCUT2D eigenvalue weighted by Crippen LogP contribution is 2.24. The van der Waals surface area contributed by atoms with Crippen molar-refractivity contribution >= 4 is 11.6 Å². The van der Waals surface area contributed by atoms with E-state index in [4.69, 9.17) is 25.8 Å². The monoisotopic (exact) mass is 328 g/mol. The number of hydrogen-bond donors (Lipinski definition) is 0. The van der Waals surface area contributed by atoms with E-state index in [0.717, 1.165) is 24.3 Å². The third-order valence-corrected chi connectivity index (χ3v) is 4.06. The maximum Gasteiger partial charge on any atom is 0.160 e. The molecular weight excluding hydrogens is 300 g/mol. The molecule has 1 aromatic rings. The van der Waals surface area contributed by atoms with Gasteiger partial charge in [0.25, 0.3) is 0 Å². The van der Waals surface area contributed by atoms with Crippen LogP contribution in [0.15, 0.2) is 18.2 Å². The van der Waals surface area contributed by atoms with Crippen LogP contribution in [0.25, 0.3) is 0 Å². The second-order valence-corrected chi connectivity index (χ2v) is 5.88. The zero-order chi connectivity index (χ0) is 16.2. The van der Waals surface area contributed by atoms with Crippen LogP contribution in [0.4, 0.5) is 0 Å². The highest BCUT2D eigenvalue weighted by Gasteiger charge is 2.10. The summed E-state index contributed by atoms with van der Waals surface area (Å²) in [5, 5.41) is 0.694. The van der Waals surface area contributed by atoms with E-state index in [1.165, 1.54) is 32.1 Å². The van der Waals surface area contributed by atoms with Crippen LogP contribution in [0.5, 0.6) is 5.75 Å². The fourth-order valence-electron chi connectivity index (χ4n) is 2.30. The van der Waals surface area contributed by atoms with Crippen molar-refractivity contribution in [3.8, 4) is 5.75 Å². The molecule has 0 fully saturated rings. The van der Waals surface area contributed by atoms with Gasteiger partial charge in [0.05, 0.1) is 6.61 Å². The van der Waals surface area contributed by atoms with Gasteiger partial charge in [-0.05, 0) is 24.1 Å². The highest BCUT2D eigenvalue weighted by molar-refractivity contribution is 6.31. The Bertz CT molecular complexity index is 405. The second-order valence-electron chi connectivity index (χ2n) is 5.47. The largest absolute Gasteiger partial charge is 0.494 e. The molecule has 0 aliphatic rings. The topological polar surface area (TPSA) is 27.7 Å². The Morgan fingerprint density at radius 1 is 1.00 bits per heavy atom. The fourth-order valence-corrected chi connectivity index (χ4v) is 2.55. The number of halogens is 1. The van der Waals surface area contributed by atoms with E-state index < -0.39 is 0 Å². The van der Waals surface area contributed by atoms with Crippen LogP contribution >= 0.6 is 11.6 Å². The summed E-state index contributed by atoms with van der Waals surface area (Å²) >= 11 is 6.29. The standard InChI is InChI=1S/C18H29ClO3/c1-4-5-6-7-8-9-12-22-16-11-10-15(17(19)14-16)13-18(20-2)21-3/h10-11,14,18H,4-9,12-13H2,1-3H3. The molecule has 126 valence electrons. The van der Waals surface area contributed by atoms with Crippen molar-refractivity contribution in [1.29, 1.82) is 0 Å². The van der Waals surface area contributed by atoms with E-state index >= 15 is 0 Å². The SMILES string of the molecule is CCCCCCCCOc1ccc(CC(OC)OC)c(Cl)c1. The molecule has 0 radical (unpaired) electrons. The Hall–Kier alpha value is -0.770. The smallest absolute Gasteiger partial charge is 0.160 e. The first-order valence-corrected chi connectivity index (χ1v) is 8.55. The fraction of sp³-hybridized carbons (Fsp3) is 0.667. The van der Waals surface area contributed by atoms with E-state index in [1.54, 1.807) is 14.2 Å². The van der Waals surface area contributed by atoms with Crippen LogP contribution in [-0.2, 0) is 15.9 Å². The van der Waals surface area contributed by atoms with E-state index in [2.05, 4.69) is 6.92 Å². The molecule has 0 saturated heterocycles. The first-order valence-electron chi connectivity index (χ1n) is 8.18. The van der Waals surface area contributed by atoms with Gasteiger partial charge in [0, 0.05) is 25.7 Å².